The average Bonchev–Trinajstić information content (AvgIpc) is 2.83. The number of H-pyrrole nitrogens is 1. The minimum Gasteiger partial charge on any atom is -0.358 e. The Labute approximate surface area is 132 Å². The molecule has 3 rings (SSSR count). The molecular formula is C18H16F2N2O. The molecule has 0 aliphatic heterocycles. The van der Waals surface area contributed by atoms with Gasteiger partial charge in [0.1, 0.15) is 11.6 Å². The lowest BCUT2D eigenvalue weighted by molar-refractivity contribution is 0.0953. The Bertz CT molecular complexity index is 871. The van der Waals surface area contributed by atoms with Gasteiger partial charge in [0.2, 0.25) is 0 Å². The van der Waals surface area contributed by atoms with Crippen LogP contribution in [0.2, 0.25) is 0 Å². The summed E-state index contributed by atoms with van der Waals surface area (Å²) in [7, 11) is 0. The molecule has 0 radical (unpaired) electrons. The Morgan fingerprint density at radius 1 is 1.13 bits per heavy atom. The van der Waals surface area contributed by atoms with Gasteiger partial charge in [-0.1, -0.05) is 6.07 Å². The summed E-state index contributed by atoms with van der Waals surface area (Å²) < 4.78 is 26.5. The Hall–Kier alpha value is -2.69. The summed E-state index contributed by atoms with van der Waals surface area (Å²) in [5.41, 5.74) is 3.08. The van der Waals surface area contributed by atoms with Gasteiger partial charge in [-0.3, -0.25) is 4.79 Å². The second-order valence-electron chi connectivity index (χ2n) is 5.43. The first-order valence-electron chi connectivity index (χ1n) is 7.35. The maximum atomic E-state index is 13.4. The molecule has 0 spiro atoms. The molecule has 3 aromatic rings. The number of fused-ring (bicyclic) bond motifs is 1. The molecule has 2 N–H and O–H groups in total. The van der Waals surface area contributed by atoms with Crippen molar-refractivity contribution in [1.82, 2.24) is 10.3 Å². The van der Waals surface area contributed by atoms with Crippen molar-refractivity contribution >= 4 is 16.8 Å². The summed E-state index contributed by atoms with van der Waals surface area (Å²) in [6.45, 7) is 2.31. The number of carbonyl (C=O) groups is 1. The van der Waals surface area contributed by atoms with Gasteiger partial charge in [-0.05, 0) is 55.3 Å². The molecule has 23 heavy (non-hydrogen) atoms. The van der Waals surface area contributed by atoms with Crippen LogP contribution in [-0.2, 0) is 6.42 Å². The van der Waals surface area contributed by atoms with Crippen LogP contribution < -0.4 is 5.32 Å². The number of aromatic nitrogens is 1. The normalized spacial score (nSPS) is 10.9. The first-order chi connectivity index (χ1) is 11.0. The summed E-state index contributed by atoms with van der Waals surface area (Å²) in [4.78, 5) is 15.2. The maximum absolute atomic E-state index is 13.4. The molecular weight excluding hydrogens is 298 g/mol. The predicted octanol–water partition coefficient (Wildman–Crippen LogP) is 3.73. The molecule has 0 fully saturated rings. The van der Waals surface area contributed by atoms with E-state index in [1.807, 2.05) is 6.92 Å². The number of hydrogen-bond acceptors (Lipinski definition) is 1. The molecule has 0 bridgehead atoms. The third kappa shape index (κ3) is 3.23. The van der Waals surface area contributed by atoms with Gasteiger partial charge in [0, 0.05) is 28.7 Å². The highest BCUT2D eigenvalue weighted by Crippen LogP contribution is 2.23. The summed E-state index contributed by atoms with van der Waals surface area (Å²) in [6, 6.07) is 10.1. The number of hydrogen-bond donors (Lipinski definition) is 2. The lowest BCUT2D eigenvalue weighted by atomic mass is 10.1. The summed E-state index contributed by atoms with van der Waals surface area (Å²) >= 11 is 0. The molecule has 1 heterocycles. The van der Waals surface area contributed by atoms with Gasteiger partial charge in [-0.2, -0.15) is 0 Å². The zero-order valence-corrected chi connectivity index (χ0v) is 12.6. The van der Waals surface area contributed by atoms with E-state index in [2.05, 4.69) is 10.3 Å². The van der Waals surface area contributed by atoms with Crippen molar-refractivity contribution in [2.24, 2.45) is 0 Å². The van der Waals surface area contributed by atoms with Gasteiger partial charge < -0.3 is 10.3 Å². The van der Waals surface area contributed by atoms with Crippen LogP contribution in [0.4, 0.5) is 8.78 Å². The number of aromatic amines is 1. The standard InChI is InChI=1S/C18H16F2N2O/c1-11-15(16-10-14(20)5-6-17(16)22-11)7-8-21-18(23)12-3-2-4-13(19)9-12/h2-6,9-10,22H,7-8H2,1H3,(H,21,23). The Balaban J connectivity index is 1.70. The SMILES string of the molecule is Cc1[nH]c2ccc(F)cc2c1CCNC(=O)c1cccc(F)c1. The van der Waals surface area contributed by atoms with Crippen molar-refractivity contribution in [3.05, 3.63) is 70.9 Å². The van der Waals surface area contributed by atoms with Crippen LogP contribution in [0.3, 0.4) is 0 Å². The molecule has 0 unspecified atom stereocenters. The van der Waals surface area contributed by atoms with Crippen LogP contribution in [-0.4, -0.2) is 17.4 Å². The van der Waals surface area contributed by atoms with E-state index < -0.39 is 5.82 Å². The van der Waals surface area contributed by atoms with Crippen molar-refractivity contribution in [3.63, 3.8) is 0 Å². The number of aryl methyl sites for hydroxylation is 1. The van der Waals surface area contributed by atoms with Gasteiger partial charge in [0.15, 0.2) is 0 Å². The number of rotatable bonds is 4. The molecule has 118 valence electrons. The molecule has 0 atom stereocenters. The van der Waals surface area contributed by atoms with E-state index in [1.54, 1.807) is 12.1 Å². The first-order valence-corrected chi connectivity index (χ1v) is 7.35. The van der Waals surface area contributed by atoms with E-state index in [0.717, 1.165) is 22.2 Å². The molecule has 2 aromatic carbocycles. The van der Waals surface area contributed by atoms with E-state index in [4.69, 9.17) is 0 Å². The average molecular weight is 314 g/mol. The van der Waals surface area contributed by atoms with Crippen molar-refractivity contribution in [2.75, 3.05) is 6.54 Å². The number of nitrogens with one attached hydrogen (secondary N) is 2. The Morgan fingerprint density at radius 3 is 2.70 bits per heavy atom. The van der Waals surface area contributed by atoms with Crippen LogP contribution in [0.5, 0.6) is 0 Å². The minimum absolute atomic E-state index is 0.284. The van der Waals surface area contributed by atoms with Gasteiger partial charge in [-0.15, -0.1) is 0 Å². The summed E-state index contributed by atoms with van der Waals surface area (Å²) in [5.74, 6) is -1.06. The molecule has 3 nitrogen and oxygen atoms in total. The molecule has 1 amide bonds. The van der Waals surface area contributed by atoms with E-state index in [9.17, 15) is 13.6 Å². The van der Waals surface area contributed by atoms with Crippen molar-refractivity contribution in [3.8, 4) is 0 Å². The Kier molecular flexibility index (Phi) is 4.10. The monoisotopic (exact) mass is 314 g/mol. The number of halogens is 2. The highest BCUT2D eigenvalue weighted by molar-refractivity contribution is 5.94. The van der Waals surface area contributed by atoms with Crippen LogP contribution >= 0.6 is 0 Å². The topological polar surface area (TPSA) is 44.9 Å². The summed E-state index contributed by atoms with van der Waals surface area (Å²) in [6.07, 6.45) is 0.566. The second-order valence-corrected chi connectivity index (χ2v) is 5.43. The van der Waals surface area contributed by atoms with E-state index in [0.29, 0.717) is 13.0 Å². The lowest BCUT2D eigenvalue weighted by Gasteiger charge is -2.06. The highest BCUT2D eigenvalue weighted by Gasteiger charge is 2.11. The highest BCUT2D eigenvalue weighted by atomic mass is 19.1. The molecule has 5 heteroatoms. The third-order valence-corrected chi connectivity index (χ3v) is 3.83. The Morgan fingerprint density at radius 2 is 1.91 bits per heavy atom. The van der Waals surface area contributed by atoms with Gasteiger partial charge in [0.25, 0.3) is 5.91 Å². The minimum atomic E-state index is -0.444. The van der Waals surface area contributed by atoms with Crippen molar-refractivity contribution < 1.29 is 13.6 Å². The van der Waals surface area contributed by atoms with Crippen LogP contribution in [0, 0.1) is 18.6 Å². The maximum Gasteiger partial charge on any atom is 0.251 e. The largest absolute Gasteiger partial charge is 0.358 e. The first kappa shape index (κ1) is 15.2. The van der Waals surface area contributed by atoms with Crippen LogP contribution in [0.1, 0.15) is 21.6 Å². The predicted molar refractivity (Wildman–Crippen MR) is 85.4 cm³/mol. The van der Waals surface area contributed by atoms with Crippen molar-refractivity contribution in [1.29, 1.82) is 0 Å². The number of carbonyl (C=O) groups excluding carboxylic acids is 1. The molecule has 0 aliphatic rings. The molecule has 0 saturated carbocycles. The molecule has 0 aliphatic carbocycles. The van der Waals surface area contributed by atoms with Crippen molar-refractivity contribution in [2.45, 2.75) is 13.3 Å². The lowest BCUT2D eigenvalue weighted by Crippen LogP contribution is -2.25. The van der Waals surface area contributed by atoms with E-state index in [1.165, 1.54) is 30.3 Å². The van der Waals surface area contributed by atoms with Crippen LogP contribution in [0.15, 0.2) is 42.5 Å². The molecule has 0 saturated heterocycles. The van der Waals surface area contributed by atoms with Gasteiger partial charge in [0.05, 0.1) is 0 Å². The zero-order valence-electron chi connectivity index (χ0n) is 12.6. The summed E-state index contributed by atoms with van der Waals surface area (Å²) in [5, 5.41) is 3.58. The van der Waals surface area contributed by atoms with E-state index >= 15 is 0 Å². The zero-order chi connectivity index (χ0) is 16.4. The fourth-order valence-electron chi connectivity index (χ4n) is 2.71. The quantitative estimate of drug-likeness (QED) is 0.757. The van der Waals surface area contributed by atoms with Crippen LogP contribution in [0.25, 0.3) is 10.9 Å². The fourth-order valence-corrected chi connectivity index (χ4v) is 2.71. The van der Waals surface area contributed by atoms with Gasteiger partial charge in [-0.25, -0.2) is 8.78 Å². The number of amides is 1. The van der Waals surface area contributed by atoms with Gasteiger partial charge >= 0.3 is 0 Å². The second kappa shape index (κ2) is 6.20. The molecule has 1 aromatic heterocycles. The smallest absolute Gasteiger partial charge is 0.251 e. The third-order valence-electron chi connectivity index (χ3n) is 3.83. The number of benzene rings is 2. The fraction of sp³-hybridized carbons (Fsp3) is 0.167. The van der Waals surface area contributed by atoms with E-state index in [-0.39, 0.29) is 17.3 Å².